The lowest BCUT2D eigenvalue weighted by Gasteiger charge is -2.09. The molecule has 1 aromatic carbocycles. The van der Waals surface area contributed by atoms with Crippen LogP contribution >= 0.6 is 0 Å². The summed E-state index contributed by atoms with van der Waals surface area (Å²) >= 11 is 0. The number of hydrogen-bond donors (Lipinski definition) is 0. The molecule has 0 saturated carbocycles. The maximum Gasteiger partial charge on any atom is 0.131 e. The van der Waals surface area contributed by atoms with Gasteiger partial charge in [0.2, 0.25) is 0 Å². The third kappa shape index (κ3) is 1.80. The van der Waals surface area contributed by atoms with Crippen LogP contribution in [0.25, 0.3) is 0 Å². The van der Waals surface area contributed by atoms with E-state index in [1.807, 2.05) is 12.1 Å². The van der Waals surface area contributed by atoms with Crippen molar-refractivity contribution in [1.82, 2.24) is 0 Å². The van der Waals surface area contributed by atoms with E-state index in [2.05, 4.69) is 5.29 Å². The largest absolute Gasteiger partial charge is 0.215 e. The van der Waals surface area contributed by atoms with E-state index in [4.69, 9.17) is 5.26 Å². The standard InChI is InChI=1S/C8H7N3O/c9-6-7-11(10-12)8-4-2-1-3-5-8/h1-5H,7H2. The first kappa shape index (κ1) is 8.21. The lowest BCUT2D eigenvalue weighted by molar-refractivity contribution is 0.937. The second-order valence-electron chi connectivity index (χ2n) is 2.13. The highest BCUT2D eigenvalue weighted by Crippen LogP contribution is 2.11. The molecule has 0 spiro atoms. The third-order valence-corrected chi connectivity index (χ3v) is 1.37. The van der Waals surface area contributed by atoms with Crippen LogP contribution in [0.3, 0.4) is 0 Å². The van der Waals surface area contributed by atoms with Gasteiger partial charge in [0.1, 0.15) is 6.54 Å². The molecule has 0 aliphatic carbocycles. The summed E-state index contributed by atoms with van der Waals surface area (Å²) in [5, 5.41) is 12.1. The van der Waals surface area contributed by atoms with E-state index in [-0.39, 0.29) is 6.54 Å². The molecule has 0 aliphatic heterocycles. The Morgan fingerprint density at radius 1 is 1.42 bits per heavy atom. The summed E-state index contributed by atoms with van der Waals surface area (Å²) in [5.41, 5.74) is 0.633. The van der Waals surface area contributed by atoms with Crippen LogP contribution < -0.4 is 5.01 Å². The SMILES string of the molecule is N#CCN(N=O)c1ccccc1. The summed E-state index contributed by atoms with van der Waals surface area (Å²) in [6, 6.07) is 10.7. The molecule has 0 unspecified atom stereocenters. The van der Waals surface area contributed by atoms with Crippen molar-refractivity contribution >= 4 is 5.69 Å². The quantitative estimate of drug-likeness (QED) is 0.385. The van der Waals surface area contributed by atoms with E-state index in [9.17, 15) is 4.91 Å². The second-order valence-corrected chi connectivity index (χ2v) is 2.13. The molecule has 0 heterocycles. The second kappa shape index (κ2) is 4.09. The summed E-state index contributed by atoms with van der Waals surface area (Å²) in [5.74, 6) is 0. The van der Waals surface area contributed by atoms with Gasteiger partial charge in [-0.1, -0.05) is 18.2 Å². The predicted octanol–water partition coefficient (Wildman–Crippen LogP) is 1.70. The van der Waals surface area contributed by atoms with Crippen molar-refractivity contribution in [2.75, 3.05) is 11.6 Å². The highest BCUT2D eigenvalue weighted by atomic mass is 16.3. The van der Waals surface area contributed by atoms with Gasteiger partial charge in [0.15, 0.2) is 0 Å². The number of para-hydroxylation sites is 1. The Balaban J connectivity index is 2.81. The van der Waals surface area contributed by atoms with Crippen molar-refractivity contribution in [1.29, 1.82) is 5.26 Å². The van der Waals surface area contributed by atoms with Gasteiger partial charge in [-0.3, -0.25) is 0 Å². The number of nitriles is 1. The van der Waals surface area contributed by atoms with Gasteiger partial charge in [-0.25, -0.2) is 5.01 Å². The van der Waals surface area contributed by atoms with E-state index >= 15 is 0 Å². The molecule has 0 radical (unpaired) electrons. The number of benzene rings is 1. The fourth-order valence-electron chi connectivity index (χ4n) is 0.834. The third-order valence-electron chi connectivity index (χ3n) is 1.37. The molecule has 60 valence electrons. The molecule has 1 aromatic rings. The smallest absolute Gasteiger partial charge is 0.131 e. The molecule has 0 fully saturated rings. The molecule has 12 heavy (non-hydrogen) atoms. The zero-order valence-electron chi connectivity index (χ0n) is 6.34. The van der Waals surface area contributed by atoms with Gasteiger partial charge in [0.05, 0.1) is 17.0 Å². The van der Waals surface area contributed by atoms with Crippen molar-refractivity contribution in [3.63, 3.8) is 0 Å². The van der Waals surface area contributed by atoms with E-state index in [1.165, 1.54) is 0 Å². The number of nitroso groups, excluding NO2 is 1. The Morgan fingerprint density at radius 3 is 2.58 bits per heavy atom. The summed E-state index contributed by atoms with van der Waals surface area (Å²) < 4.78 is 0. The van der Waals surface area contributed by atoms with Crippen molar-refractivity contribution in [2.24, 2.45) is 5.29 Å². The highest BCUT2D eigenvalue weighted by molar-refractivity contribution is 5.45. The number of nitrogens with zero attached hydrogens (tertiary/aromatic N) is 3. The lowest BCUT2D eigenvalue weighted by atomic mass is 10.3. The van der Waals surface area contributed by atoms with Gasteiger partial charge < -0.3 is 0 Å². The summed E-state index contributed by atoms with van der Waals surface area (Å²) in [7, 11) is 0. The topological polar surface area (TPSA) is 56.5 Å². The van der Waals surface area contributed by atoms with Crippen LogP contribution in [0.2, 0.25) is 0 Å². The number of anilines is 1. The molecule has 0 N–H and O–H groups in total. The summed E-state index contributed by atoms with van der Waals surface area (Å²) in [6.45, 7) is -0.0203. The van der Waals surface area contributed by atoms with Crippen LogP contribution in [0, 0.1) is 16.2 Å². The van der Waals surface area contributed by atoms with Gasteiger partial charge in [-0.05, 0) is 12.1 Å². The number of rotatable bonds is 3. The van der Waals surface area contributed by atoms with Gasteiger partial charge in [-0.2, -0.15) is 5.26 Å². The molecule has 4 nitrogen and oxygen atoms in total. The van der Waals surface area contributed by atoms with Crippen molar-refractivity contribution in [3.05, 3.63) is 35.2 Å². The molecule has 0 atom stereocenters. The van der Waals surface area contributed by atoms with Gasteiger partial charge >= 0.3 is 0 Å². The van der Waals surface area contributed by atoms with Crippen LogP contribution in [0.15, 0.2) is 35.6 Å². The average Bonchev–Trinajstić information content (AvgIpc) is 2.15. The molecule has 0 aromatic heterocycles. The van der Waals surface area contributed by atoms with Crippen LogP contribution in [0.5, 0.6) is 0 Å². The molecule has 0 saturated heterocycles. The van der Waals surface area contributed by atoms with Crippen molar-refractivity contribution < 1.29 is 0 Å². The van der Waals surface area contributed by atoms with Crippen LogP contribution in [0.1, 0.15) is 0 Å². The fourth-order valence-corrected chi connectivity index (χ4v) is 0.834. The first-order valence-electron chi connectivity index (χ1n) is 3.41. The molecule has 0 amide bonds. The molecule has 4 heteroatoms. The molecular formula is C8H7N3O. The van der Waals surface area contributed by atoms with Crippen LogP contribution in [-0.4, -0.2) is 6.54 Å². The Kier molecular flexibility index (Phi) is 2.79. The minimum absolute atomic E-state index is 0.0203. The minimum Gasteiger partial charge on any atom is -0.215 e. The monoisotopic (exact) mass is 161 g/mol. The average molecular weight is 161 g/mol. The Morgan fingerprint density at radius 2 is 2.08 bits per heavy atom. The molecule has 0 bridgehead atoms. The zero-order valence-corrected chi connectivity index (χ0v) is 6.34. The summed E-state index contributed by atoms with van der Waals surface area (Å²) in [4.78, 5) is 10.2. The van der Waals surface area contributed by atoms with Gasteiger partial charge in [0.25, 0.3) is 0 Å². The maximum absolute atomic E-state index is 10.2. The van der Waals surface area contributed by atoms with Crippen LogP contribution in [0.4, 0.5) is 5.69 Å². The predicted molar refractivity (Wildman–Crippen MR) is 45.2 cm³/mol. The zero-order chi connectivity index (χ0) is 8.81. The fraction of sp³-hybridized carbons (Fsp3) is 0.125. The number of hydrogen-bond acceptors (Lipinski definition) is 3. The molecule has 1 rings (SSSR count). The lowest BCUT2D eigenvalue weighted by Crippen LogP contribution is -2.14. The summed E-state index contributed by atoms with van der Waals surface area (Å²) in [6.07, 6.45) is 0. The minimum atomic E-state index is -0.0203. The Bertz CT molecular complexity index is 291. The highest BCUT2D eigenvalue weighted by Gasteiger charge is 2.02. The maximum atomic E-state index is 10.2. The van der Waals surface area contributed by atoms with Crippen molar-refractivity contribution in [3.8, 4) is 6.07 Å². The molecule has 0 aliphatic rings. The van der Waals surface area contributed by atoms with Crippen molar-refractivity contribution in [2.45, 2.75) is 0 Å². The van der Waals surface area contributed by atoms with Gasteiger partial charge in [0, 0.05) is 0 Å². The van der Waals surface area contributed by atoms with Crippen LogP contribution in [-0.2, 0) is 0 Å². The normalized spacial score (nSPS) is 8.58. The van der Waals surface area contributed by atoms with E-state index in [0.717, 1.165) is 5.01 Å². The van der Waals surface area contributed by atoms with E-state index < -0.39 is 0 Å². The Labute approximate surface area is 70.0 Å². The van der Waals surface area contributed by atoms with E-state index in [1.54, 1.807) is 24.3 Å². The van der Waals surface area contributed by atoms with E-state index in [0.29, 0.717) is 5.69 Å². The first-order valence-corrected chi connectivity index (χ1v) is 3.41. The van der Waals surface area contributed by atoms with Gasteiger partial charge in [-0.15, -0.1) is 4.91 Å². The first-order chi connectivity index (χ1) is 5.88. The Hall–Kier alpha value is -1.89. The molecular weight excluding hydrogens is 154 g/mol.